The Kier molecular flexibility index (Phi) is 4.38. The number of nitrogens with one attached hydrogen (secondary N) is 1. The van der Waals surface area contributed by atoms with E-state index in [2.05, 4.69) is 9.97 Å². The average Bonchev–Trinajstić information content (AvgIpc) is 3.05. The lowest BCUT2D eigenvalue weighted by Gasteiger charge is -2.03. The fraction of sp³-hybridized carbons (Fsp3) is 0.0526. The Morgan fingerprint density at radius 1 is 1.12 bits per heavy atom. The maximum absolute atomic E-state index is 13.2. The number of halogens is 1. The molecule has 2 aromatic heterocycles. The van der Waals surface area contributed by atoms with Crippen LogP contribution in [0.1, 0.15) is 5.56 Å². The van der Waals surface area contributed by atoms with Crippen LogP contribution in [0.2, 0.25) is 0 Å². The summed E-state index contributed by atoms with van der Waals surface area (Å²) in [4.78, 5) is 20.7. The van der Waals surface area contributed by atoms with Gasteiger partial charge in [0.1, 0.15) is 10.6 Å². The summed E-state index contributed by atoms with van der Waals surface area (Å²) < 4.78 is 13.2. The van der Waals surface area contributed by atoms with Crippen LogP contribution in [-0.2, 0) is 5.75 Å². The lowest BCUT2D eigenvalue weighted by Crippen LogP contribution is -2.08. The van der Waals surface area contributed by atoms with E-state index in [1.54, 1.807) is 6.07 Å². The van der Waals surface area contributed by atoms with Crippen LogP contribution in [0.5, 0.6) is 0 Å². The molecule has 1 N–H and O–H groups in total. The number of aromatic nitrogens is 2. The fourth-order valence-corrected chi connectivity index (χ4v) is 4.42. The highest BCUT2D eigenvalue weighted by atomic mass is 32.2. The minimum absolute atomic E-state index is 0.146. The summed E-state index contributed by atoms with van der Waals surface area (Å²) in [6, 6.07) is 16.2. The first-order valence-corrected chi connectivity index (χ1v) is 9.51. The van der Waals surface area contributed by atoms with Crippen LogP contribution >= 0.6 is 23.1 Å². The topological polar surface area (TPSA) is 45.8 Å². The van der Waals surface area contributed by atoms with Crippen LogP contribution in [0.3, 0.4) is 0 Å². The van der Waals surface area contributed by atoms with Crippen LogP contribution in [0, 0.1) is 5.82 Å². The van der Waals surface area contributed by atoms with E-state index in [0.717, 1.165) is 16.7 Å². The molecule has 0 saturated heterocycles. The van der Waals surface area contributed by atoms with E-state index in [1.165, 1.54) is 35.2 Å². The van der Waals surface area contributed by atoms with Crippen molar-refractivity contribution in [1.82, 2.24) is 9.97 Å². The molecule has 2 aromatic carbocycles. The molecule has 2 heterocycles. The zero-order valence-electron chi connectivity index (χ0n) is 13.0. The van der Waals surface area contributed by atoms with E-state index in [1.807, 2.05) is 41.8 Å². The summed E-state index contributed by atoms with van der Waals surface area (Å²) >= 11 is 2.85. The molecule has 0 amide bonds. The van der Waals surface area contributed by atoms with Crippen molar-refractivity contribution in [3.05, 3.63) is 81.7 Å². The molecule has 3 nitrogen and oxygen atoms in total. The van der Waals surface area contributed by atoms with Gasteiger partial charge in [0, 0.05) is 16.7 Å². The van der Waals surface area contributed by atoms with E-state index < -0.39 is 0 Å². The van der Waals surface area contributed by atoms with Crippen molar-refractivity contribution in [1.29, 1.82) is 0 Å². The number of benzene rings is 2. The molecule has 0 bridgehead atoms. The summed E-state index contributed by atoms with van der Waals surface area (Å²) in [7, 11) is 0. The first-order valence-electron chi connectivity index (χ1n) is 7.65. The summed E-state index contributed by atoms with van der Waals surface area (Å²) in [5.74, 6) is 0.282. The van der Waals surface area contributed by atoms with Gasteiger partial charge in [0.2, 0.25) is 0 Å². The first-order chi connectivity index (χ1) is 12.2. The SMILES string of the molecule is O=c1[nH]c(SCc2cccc(F)c2)nc2scc(-c3ccccc3)c12. The molecule has 0 fully saturated rings. The van der Waals surface area contributed by atoms with Gasteiger partial charge in [0.15, 0.2) is 5.16 Å². The van der Waals surface area contributed by atoms with Crippen LogP contribution in [0.4, 0.5) is 4.39 Å². The summed E-state index contributed by atoms with van der Waals surface area (Å²) in [6.45, 7) is 0. The van der Waals surface area contributed by atoms with Crippen molar-refractivity contribution in [2.45, 2.75) is 10.9 Å². The molecular formula is C19H13FN2OS2. The molecular weight excluding hydrogens is 355 g/mol. The molecule has 0 unspecified atom stereocenters. The third-order valence-corrected chi connectivity index (χ3v) is 5.59. The molecule has 4 aromatic rings. The van der Waals surface area contributed by atoms with Crippen LogP contribution in [-0.4, -0.2) is 9.97 Å². The smallest absolute Gasteiger partial charge is 0.260 e. The summed E-state index contributed by atoms with van der Waals surface area (Å²) in [6.07, 6.45) is 0. The second kappa shape index (κ2) is 6.82. The number of thioether (sulfide) groups is 1. The predicted molar refractivity (Wildman–Crippen MR) is 102 cm³/mol. The summed E-state index contributed by atoms with van der Waals surface area (Å²) in [5, 5.41) is 3.12. The molecule has 4 rings (SSSR count). The Hall–Kier alpha value is -2.44. The number of rotatable bonds is 4. The van der Waals surface area contributed by atoms with Crippen molar-refractivity contribution >= 4 is 33.3 Å². The van der Waals surface area contributed by atoms with E-state index >= 15 is 0 Å². The Bertz CT molecular complexity index is 1090. The number of nitrogens with zero attached hydrogens (tertiary/aromatic N) is 1. The standard InChI is InChI=1S/C19H13FN2OS2/c20-14-8-4-5-12(9-14)10-25-19-21-17(23)16-15(11-24-18(16)22-19)13-6-2-1-3-7-13/h1-9,11H,10H2,(H,21,22,23). The van der Waals surface area contributed by atoms with E-state index in [9.17, 15) is 9.18 Å². The molecule has 6 heteroatoms. The molecule has 0 spiro atoms. The van der Waals surface area contributed by atoms with Crippen molar-refractivity contribution in [3.8, 4) is 11.1 Å². The molecule has 25 heavy (non-hydrogen) atoms. The number of fused-ring (bicyclic) bond motifs is 1. The van der Waals surface area contributed by atoms with E-state index in [0.29, 0.717) is 21.1 Å². The Labute approximate surface area is 151 Å². The van der Waals surface area contributed by atoms with Gasteiger partial charge < -0.3 is 4.98 Å². The first kappa shape index (κ1) is 16.1. The normalized spacial score (nSPS) is 11.1. The van der Waals surface area contributed by atoms with Gasteiger partial charge >= 0.3 is 0 Å². The zero-order valence-corrected chi connectivity index (χ0v) is 14.7. The van der Waals surface area contributed by atoms with Crippen molar-refractivity contribution < 1.29 is 4.39 Å². The Balaban J connectivity index is 1.66. The lowest BCUT2D eigenvalue weighted by atomic mass is 10.1. The third-order valence-electron chi connectivity index (χ3n) is 3.77. The van der Waals surface area contributed by atoms with Gasteiger partial charge in [-0.25, -0.2) is 9.37 Å². The highest BCUT2D eigenvalue weighted by Gasteiger charge is 2.13. The average molecular weight is 368 g/mol. The molecule has 0 aliphatic heterocycles. The maximum Gasteiger partial charge on any atom is 0.260 e. The fourth-order valence-electron chi connectivity index (χ4n) is 2.61. The van der Waals surface area contributed by atoms with E-state index in [4.69, 9.17) is 0 Å². The van der Waals surface area contributed by atoms with Gasteiger partial charge in [-0.1, -0.05) is 54.2 Å². The number of aromatic amines is 1. The van der Waals surface area contributed by atoms with Crippen molar-refractivity contribution in [2.75, 3.05) is 0 Å². The van der Waals surface area contributed by atoms with Gasteiger partial charge in [0.25, 0.3) is 5.56 Å². The lowest BCUT2D eigenvalue weighted by molar-refractivity contribution is 0.626. The Morgan fingerprint density at radius 3 is 2.76 bits per heavy atom. The van der Waals surface area contributed by atoms with E-state index in [-0.39, 0.29) is 11.4 Å². The van der Waals surface area contributed by atoms with Crippen LogP contribution in [0.25, 0.3) is 21.3 Å². The number of hydrogen-bond donors (Lipinski definition) is 1. The van der Waals surface area contributed by atoms with Crippen LogP contribution < -0.4 is 5.56 Å². The molecule has 124 valence electrons. The minimum Gasteiger partial charge on any atom is -0.301 e. The van der Waals surface area contributed by atoms with Crippen LogP contribution in [0.15, 0.2) is 69.9 Å². The zero-order chi connectivity index (χ0) is 17.2. The number of hydrogen-bond acceptors (Lipinski definition) is 4. The van der Waals surface area contributed by atoms with Crippen molar-refractivity contribution in [3.63, 3.8) is 0 Å². The maximum atomic E-state index is 13.2. The highest BCUT2D eigenvalue weighted by Crippen LogP contribution is 2.31. The second-order valence-corrected chi connectivity index (χ2v) is 7.31. The molecule has 0 aliphatic carbocycles. The number of thiophene rings is 1. The van der Waals surface area contributed by atoms with Gasteiger partial charge in [-0.15, -0.1) is 11.3 Å². The number of H-pyrrole nitrogens is 1. The second-order valence-electron chi connectivity index (χ2n) is 5.49. The van der Waals surface area contributed by atoms with Gasteiger partial charge in [-0.3, -0.25) is 4.79 Å². The monoisotopic (exact) mass is 368 g/mol. The molecule has 0 saturated carbocycles. The summed E-state index contributed by atoms with van der Waals surface area (Å²) in [5.41, 5.74) is 2.60. The highest BCUT2D eigenvalue weighted by molar-refractivity contribution is 7.98. The van der Waals surface area contributed by atoms with Crippen molar-refractivity contribution in [2.24, 2.45) is 0 Å². The van der Waals surface area contributed by atoms with Gasteiger partial charge in [-0.2, -0.15) is 0 Å². The minimum atomic E-state index is -0.263. The predicted octanol–water partition coefficient (Wildman–Crippen LogP) is 5.08. The van der Waals surface area contributed by atoms with Gasteiger partial charge in [0.05, 0.1) is 5.39 Å². The van der Waals surface area contributed by atoms with Gasteiger partial charge in [-0.05, 0) is 23.3 Å². The largest absolute Gasteiger partial charge is 0.301 e. The third kappa shape index (κ3) is 3.36. The quantitative estimate of drug-likeness (QED) is 0.403. The molecule has 0 radical (unpaired) electrons. The Morgan fingerprint density at radius 2 is 1.96 bits per heavy atom. The molecule has 0 aliphatic rings. The molecule has 0 atom stereocenters.